The maximum atomic E-state index is 13.5. The quantitative estimate of drug-likeness (QED) is 0.327. The number of benzene rings is 2. The van der Waals surface area contributed by atoms with Crippen molar-refractivity contribution >= 4 is 11.6 Å². The van der Waals surface area contributed by atoms with Crippen molar-refractivity contribution in [3.63, 3.8) is 0 Å². The molecular weight excluding hydrogens is 429 g/mol. The summed E-state index contributed by atoms with van der Waals surface area (Å²) in [5, 5.41) is 2.91. The first kappa shape index (κ1) is 22.1. The van der Waals surface area contributed by atoms with E-state index in [9.17, 15) is 9.18 Å². The van der Waals surface area contributed by atoms with Gasteiger partial charge in [-0.05, 0) is 72.9 Å². The van der Waals surface area contributed by atoms with Crippen LogP contribution in [0.25, 0.3) is 22.7 Å². The fraction of sp³-hybridized carbons (Fsp3) is 0.286. The van der Waals surface area contributed by atoms with Gasteiger partial charge in [-0.3, -0.25) is 4.79 Å². The summed E-state index contributed by atoms with van der Waals surface area (Å²) in [6.07, 6.45) is 6.34. The summed E-state index contributed by atoms with van der Waals surface area (Å²) in [7, 11) is 0. The van der Waals surface area contributed by atoms with Crippen LogP contribution in [0.5, 0.6) is 0 Å². The number of aromatic nitrogens is 2. The molecule has 34 heavy (non-hydrogen) atoms. The van der Waals surface area contributed by atoms with Crippen LogP contribution in [0.3, 0.4) is 0 Å². The summed E-state index contributed by atoms with van der Waals surface area (Å²) in [5.74, 6) is 0.631. The average Bonchev–Trinajstić information content (AvgIpc) is 3.59. The summed E-state index contributed by atoms with van der Waals surface area (Å²) in [6.45, 7) is 4.27. The Bertz CT molecular complexity index is 1280. The molecule has 0 saturated heterocycles. The number of nitrogens with zero attached hydrogens (tertiary/aromatic N) is 2. The van der Waals surface area contributed by atoms with Gasteiger partial charge >= 0.3 is 0 Å². The number of carbonyl (C=O) groups is 1. The van der Waals surface area contributed by atoms with Crippen molar-refractivity contribution in [3.8, 4) is 22.7 Å². The Labute approximate surface area is 198 Å². The summed E-state index contributed by atoms with van der Waals surface area (Å²) in [4.78, 5) is 17.5. The molecule has 0 bridgehead atoms. The Kier molecular flexibility index (Phi) is 6.05. The van der Waals surface area contributed by atoms with E-state index in [4.69, 9.17) is 4.42 Å². The number of hydrogen-bond donors (Lipinski definition) is 1. The van der Waals surface area contributed by atoms with Crippen molar-refractivity contribution in [3.05, 3.63) is 84.1 Å². The Morgan fingerprint density at radius 3 is 2.41 bits per heavy atom. The molecule has 1 N–H and O–H groups in total. The largest absolute Gasteiger partial charge is 0.449 e. The van der Waals surface area contributed by atoms with Crippen LogP contribution in [-0.4, -0.2) is 15.5 Å². The number of hydrogen-bond acceptors (Lipinski definition) is 3. The number of halogens is 1. The van der Waals surface area contributed by atoms with Crippen LogP contribution in [0.1, 0.15) is 67.6 Å². The molecule has 0 atom stereocenters. The molecule has 1 aliphatic rings. The second-order valence-corrected chi connectivity index (χ2v) is 9.19. The lowest BCUT2D eigenvalue weighted by atomic mass is 10.0. The molecule has 1 fully saturated rings. The molecule has 5 rings (SSSR count). The molecule has 0 radical (unpaired) electrons. The van der Waals surface area contributed by atoms with E-state index in [1.165, 1.54) is 30.5 Å². The van der Waals surface area contributed by atoms with E-state index in [0.29, 0.717) is 17.7 Å². The first-order valence-corrected chi connectivity index (χ1v) is 11.8. The van der Waals surface area contributed by atoms with Crippen LogP contribution in [0, 0.1) is 5.82 Å². The summed E-state index contributed by atoms with van der Waals surface area (Å²) >= 11 is 0. The third-order valence-electron chi connectivity index (χ3n) is 6.53. The van der Waals surface area contributed by atoms with E-state index in [-0.39, 0.29) is 17.5 Å². The van der Waals surface area contributed by atoms with E-state index >= 15 is 0 Å². The molecule has 0 aliphatic heterocycles. The van der Waals surface area contributed by atoms with Crippen molar-refractivity contribution in [2.24, 2.45) is 0 Å². The maximum absolute atomic E-state index is 13.5. The smallest absolute Gasteiger partial charge is 0.291 e. The van der Waals surface area contributed by atoms with E-state index in [2.05, 4.69) is 28.7 Å². The molecule has 1 aliphatic carbocycles. The average molecular weight is 458 g/mol. The zero-order chi connectivity index (χ0) is 23.7. The number of amides is 1. The minimum atomic E-state index is -0.307. The Morgan fingerprint density at radius 1 is 1.03 bits per heavy atom. The van der Waals surface area contributed by atoms with Gasteiger partial charge in [0.05, 0.1) is 12.0 Å². The van der Waals surface area contributed by atoms with Gasteiger partial charge in [-0.15, -0.1) is 0 Å². The number of carbonyl (C=O) groups excluding carboxylic acids is 1. The second-order valence-electron chi connectivity index (χ2n) is 9.19. The Morgan fingerprint density at radius 2 is 1.74 bits per heavy atom. The molecule has 2 heterocycles. The van der Waals surface area contributed by atoms with Crippen LogP contribution >= 0.6 is 0 Å². The fourth-order valence-electron chi connectivity index (χ4n) is 4.61. The van der Waals surface area contributed by atoms with Crippen molar-refractivity contribution in [2.75, 3.05) is 5.32 Å². The standard InChI is InChI=1S/C28H28FN3O2/c1-18(2)19-9-13-22(14-10-19)31-28(33)25-16-15-24(34-25)27-26(20-7-11-21(29)12-8-20)30-17-32(27)23-5-3-4-6-23/h7-18,23H,3-6H2,1-2H3,(H,31,33). The highest BCUT2D eigenvalue weighted by molar-refractivity contribution is 6.02. The highest BCUT2D eigenvalue weighted by Crippen LogP contribution is 2.39. The van der Waals surface area contributed by atoms with Gasteiger partial charge in [0.2, 0.25) is 0 Å². The van der Waals surface area contributed by atoms with Crippen LogP contribution < -0.4 is 5.32 Å². The molecular formula is C28H28FN3O2. The first-order valence-electron chi connectivity index (χ1n) is 11.8. The third kappa shape index (κ3) is 4.40. The lowest BCUT2D eigenvalue weighted by Crippen LogP contribution is -2.10. The van der Waals surface area contributed by atoms with Crippen LogP contribution in [-0.2, 0) is 0 Å². The van der Waals surface area contributed by atoms with Gasteiger partial charge in [-0.25, -0.2) is 9.37 Å². The molecule has 2 aromatic heterocycles. The highest BCUT2D eigenvalue weighted by Gasteiger charge is 2.26. The third-order valence-corrected chi connectivity index (χ3v) is 6.53. The van der Waals surface area contributed by atoms with Crippen LogP contribution in [0.4, 0.5) is 10.1 Å². The topological polar surface area (TPSA) is 60.1 Å². The minimum Gasteiger partial charge on any atom is -0.449 e. The zero-order valence-electron chi connectivity index (χ0n) is 19.4. The van der Waals surface area contributed by atoms with Gasteiger partial charge < -0.3 is 14.3 Å². The van der Waals surface area contributed by atoms with Crippen molar-refractivity contribution in [1.29, 1.82) is 0 Å². The molecule has 1 amide bonds. The number of nitrogens with one attached hydrogen (secondary N) is 1. The lowest BCUT2D eigenvalue weighted by molar-refractivity contribution is 0.0997. The number of furan rings is 1. The summed E-state index contributed by atoms with van der Waals surface area (Å²) in [6, 6.07) is 18.0. The molecule has 5 nitrogen and oxygen atoms in total. The van der Waals surface area contributed by atoms with E-state index in [1.54, 1.807) is 18.2 Å². The molecule has 1 saturated carbocycles. The number of anilines is 1. The van der Waals surface area contributed by atoms with Gasteiger partial charge in [0, 0.05) is 17.3 Å². The summed E-state index contributed by atoms with van der Waals surface area (Å²) in [5.41, 5.74) is 4.28. The molecule has 0 spiro atoms. The monoisotopic (exact) mass is 457 g/mol. The minimum absolute atomic E-state index is 0.229. The van der Waals surface area contributed by atoms with Crippen molar-refractivity contribution < 1.29 is 13.6 Å². The Hall–Kier alpha value is -3.67. The van der Waals surface area contributed by atoms with E-state index < -0.39 is 0 Å². The van der Waals surface area contributed by atoms with Crippen molar-refractivity contribution in [1.82, 2.24) is 9.55 Å². The molecule has 0 unspecified atom stereocenters. The lowest BCUT2D eigenvalue weighted by Gasteiger charge is -2.15. The van der Waals surface area contributed by atoms with Crippen molar-refractivity contribution in [2.45, 2.75) is 51.5 Å². The zero-order valence-corrected chi connectivity index (χ0v) is 19.4. The predicted molar refractivity (Wildman–Crippen MR) is 131 cm³/mol. The highest BCUT2D eigenvalue weighted by atomic mass is 19.1. The van der Waals surface area contributed by atoms with Gasteiger partial charge in [0.25, 0.3) is 5.91 Å². The fourth-order valence-corrected chi connectivity index (χ4v) is 4.61. The van der Waals surface area contributed by atoms with E-state index in [0.717, 1.165) is 35.5 Å². The molecule has 174 valence electrons. The van der Waals surface area contributed by atoms with Crippen LogP contribution in [0.2, 0.25) is 0 Å². The number of imidazole rings is 1. The van der Waals surface area contributed by atoms with Gasteiger partial charge in [0.15, 0.2) is 11.5 Å². The molecule has 6 heteroatoms. The summed E-state index contributed by atoms with van der Waals surface area (Å²) < 4.78 is 21.7. The normalized spacial score (nSPS) is 14.1. The van der Waals surface area contributed by atoms with E-state index in [1.807, 2.05) is 36.7 Å². The molecule has 2 aromatic carbocycles. The van der Waals surface area contributed by atoms with Gasteiger partial charge in [-0.1, -0.05) is 38.8 Å². The number of rotatable bonds is 6. The van der Waals surface area contributed by atoms with Gasteiger partial charge in [-0.2, -0.15) is 0 Å². The van der Waals surface area contributed by atoms with Gasteiger partial charge in [0.1, 0.15) is 11.5 Å². The maximum Gasteiger partial charge on any atom is 0.291 e. The van der Waals surface area contributed by atoms with Crippen LogP contribution in [0.15, 0.2) is 71.4 Å². The first-order chi connectivity index (χ1) is 16.5. The molecule has 4 aromatic rings. The Balaban J connectivity index is 1.45. The SMILES string of the molecule is CC(C)c1ccc(NC(=O)c2ccc(-c3c(-c4ccc(F)cc4)ncn3C3CCCC3)o2)cc1. The second kappa shape index (κ2) is 9.29. The predicted octanol–water partition coefficient (Wildman–Crippen LogP) is 7.44.